The van der Waals surface area contributed by atoms with Gasteiger partial charge in [-0.15, -0.1) is 11.6 Å². The third kappa shape index (κ3) is 6.00. The van der Waals surface area contributed by atoms with Crippen molar-refractivity contribution in [1.82, 2.24) is 0 Å². The Morgan fingerprint density at radius 1 is 1.47 bits per heavy atom. The van der Waals surface area contributed by atoms with Crippen LogP contribution >= 0.6 is 23.2 Å². The minimum Gasteiger partial charge on any atom is -0.460 e. The molecule has 0 aromatic rings. The summed E-state index contributed by atoms with van der Waals surface area (Å²) in [5, 5.41) is -0.122. The molecule has 0 aliphatic rings. The summed E-state index contributed by atoms with van der Waals surface area (Å²) in [5.74, 6) is 0.0130. The third-order valence-corrected chi connectivity index (χ3v) is 2.38. The van der Waals surface area contributed by atoms with Gasteiger partial charge in [0, 0.05) is 5.88 Å². The standard InChI is InChI=1S/C10H17Cl2NO2/c1-4-5-15-10(14)9(12)13-8(6-11)7(2)3/h7-8H,4-6H2,1-3H3/t8-/m1/s1. The van der Waals surface area contributed by atoms with E-state index in [0.717, 1.165) is 6.42 Å². The van der Waals surface area contributed by atoms with Crippen molar-refractivity contribution in [2.45, 2.75) is 33.2 Å². The maximum absolute atomic E-state index is 11.2. The molecule has 0 radical (unpaired) electrons. The van der Waals surface area contributed by atoms with Crippen LogP contribution in [0, 0.1) is 5.92 Å². The maximum atomic E-state index is 11.2. The second kappa shape index (κ2) is 7.94. The molecule has 0 aliphatic heterocycles. The lowest BCUT2D eigenvalue weighted by molar-refractivity contribution is -0.135. The van der Waals surface area contributed by atoms with E-state index in [4.69, 9.17) is 27.9 Å². The van der Waals surface area contributed by atoms with Crippen molar-refractivity contribution in [2.75, 3.05) is 12.5 Å². The van der Waals surface area contributed by atoms with Crippen molar-refractivity contribution in [3.05, 3.63) is 0 Å². The van der Waals surface area contributed by atoms with Crippen molar-refractivity contribution in [3.63, 3.8) is 0 Å². The largest absolute Gasteiger partial charge is 0.460 e. The first-order valence-corrected chi connectivity index (χ1v) is 5.90. The number of alkyl halides is 1. The van der Waals surface area contributed by atoms with Crippen LogP contribution in [0.15, 0.2) is 4.99 Å². The van der Waals surface area contributed by atoms with E-state index >= 15 is 0 Å². The molecule has 0 fully saturated rings. The monoisotopic (exact) mass is 253 g/mol. The van der Waals surface area contributed by atoms with Crippen LogP contribution in [0.4, 0.5) is 0 Å². The number of hydrogen-bond acceptors (Lipinski definition) is 3. The number of ether oxygens (including phenoxy) is 1. The quantitative estimate of drug-likeness (QED) is 0.415. The van der Waals surface area contributed by atoms with Crippen molar-refractivity contribution in [3.8, 4) is 0 Å². The topological polar surface area (TPSA) is 38.7 Å². The summed E-state index contributed by atoms with van der Waals surface area (Å²) >= 11 is 11.4. The smallest absolute Gasteiger partial charge is 0.368 e. The summed E-state index contributed by atoms with van der Waals surface area (Å²) in [7, 11) is 0. The molecule has 0 rings (SSSR count). The molecule has 0 aliphatic carbocycles. The number of halogens is 2. The average Bonchev–Trinajstić information content (AvgIpc) is 2.21. The van der Waals surface area contributed by atoms with Crippen LogP contribution in [0.3, 0.4) is 0 Å². The molecular weight excluding hydrogens is 237 g/mol. The maximum Gasteiger partial charge on any atom is 0.368 e. The number of nitrogens with zero attached hydrogens (tertiary/aromatic N) is 1. The van der Waals surface area contributed by atoms with Gasteiger partial charge in [-0.25, -0.2) is 4.79 Å². The Labute approximate surface area is 101 Å². The zero-order chi connectivity index (χ0) is 11.8. The number of hydrogen-bond donors (Lipinski definition) is 0. The summed E-state index contributed by atoms with van der Waals surface area (Å²) < 4.78 is 4.83. The van der Waals surface area contributed by atoms with Gasteiger partial charge in [-0.2, -0.15) is 0 Å². The second-order valence-electron chi connectivity index (χ2n) is 3.52. The first kappa shape index (κ1) is 14.7. The first-order chi connectivity index (χ1) is 7.02. The Bertz CT molecular complexity index is 229. The lowest BCUT2D eigenvalue weighted by atomic mass is 10.1. The molecule has 15 heavy (non-hydrogen) atoms. The van der Waals surface area contributed by atoms with Gasteiger partial charge < -0.3 is 4.74 Å². The van der Waals surface area contributed by atoms with Gasteiger partial charge in [0.2, 0.25) is 5.17 Å². The highest BCUT2D eigenvalue weighted by Gasteiger charge is 2.15. The Kier molecular flexibility index (Phi) is 7.79. The molecule has 0 heterocycles. The van der Waals surface area contributed by atoms with Gasteiger partial charge in [0.15, 0.2) is 0 Å². The van der Waals surface area contributed by atoms with E-state index in [2.05, 4.69) is 4.99 Å². The fourth-order valence-corrected chi connectivity index (χ4v) is 1.42. The van der Waals surface area contributed by atoms with E-state index in [1.54, 1.807) is 0 Å². The molecule has 0 saturated heterocycles. The molecule has 0 aromatic heterocycles. The molecular formula is C10H17Cl2NO2. The number of rotatable bonds is 6. The third-order valence-electron chi connectivity index (χ3n) is 1.81. The van der Waals surface area contributed by atoms with Crippen LogP contribution in [0.5, 0.6) is 0 Å². The van der Waals surface area contributed by atoms with Crippen molar-refractivity contribution >= 4 is 34.3 Å². The normalized spacial score (nSPS) is 14.1. The van der Waals surface area contributed by atoms with E-state index in [9.17, 15) is 4.79 Å². The van der Waals surface area contributed by atoms with E-state index in [1.165, 1.54) is 0 Å². The summed E-state index contributed by atoms with van der Waals surface area (Å²) in [6, 6.07) is -0.145. The summed E-state index contributed by atoms with van der Waals surface area (Å²) in [6.45, 7) is 6.21. The second-order valence-corrected chi connectivity index (χ2v) is 4.19. The van der Waals surface area contributed by atoms with Crippen LogP contribution in [0.1, 0.15) is 27.2 Å². The van der Waals surface area contributed by atoms with Crippen molar-refractivity contribution in [2.24, 2.45) is 10.9 Å². The fraction of sp³-hybridized carbons (Fsp3) is 0.800. The summed E-state index contributed by atoms with van der Waals surface area (Å²) in [4.78, 5) is 15.3. The Morgan fingerprint density at radius 2 is 2.07 bits per heavy atom. The average molecular weight is 254 g/mol. The molecule has 0 amide bonds. The van der Waals surface area contributed by atoms with E-state index in [1.807, 2.05) is 20.8 Å². The highest BCUT2D eigenvalue weighted by molar-refractivity contribution is 6.82. The zero-order valence-corrected chi connectivity index (χ0v) is 10.8. The number of carbonyl (C=O) groups is 1. The minimum atomic E-state index is -0.575. The molecule has 88 valence electrons. The van der Waals surface area contributed by atoms with E-state index < -0.39 is 5.97 Å². The van der Waals surface area contributed by atoms with Gasteiger partial charge in [-0.05, 0) is 12.3 Å². The molecule has 5 heteroatoms. The van der Waals surface area contributed by atoms with E-state index in [-0.39, 0.29) is 17.1 Å². The molecule has 0 N–H and O–H groups in total. The predicted molar refractivity (Wildman–Crippen MR) is 63.9 cm³/mol. The molecule has 0 bridgehead atoms. The van der Waals surface area contributed by atoms with Crippen LogP contribution in [-0.4, -0.2) is 29.7 Å². The van der Waals surface area contributed by atoms with Gasteiger partial charge >= 0.3 is 5.97 Å². The Balaban J connectivity index is 4.32. The zero-order valence-electron chi connectivity index (χ0n) is 9.30. The number of aliphatic imine (C=N–C) groups is 1. The van der Waals surface area contributed by atoms with E-state index in [0.29, 0.717) is 12.5 Å². The van der Waals surface area contributed by atoms with Crippen LogP contribution < -0.4 is 0 Å². The molecule has 0 saturated carbocycles. The van der Waals surface area contributed by atoms with Gasteiger partial charge in [-0.1, -0.05) is 32.4 Å². The van der Waals surface area contributed by atoms with Crippen LogP contribution in [0.2, 0.25) is 0 Å². The van der Waals surface area contributed by atoms with Gasteiger partial charge in [0.05, 0.1) is 12.6 Å². The molecule has 3 nitrogen and oxygen atoms in total. The Hall–Kier alpha value is -0.280. The van der Waals surface area contributed by atoms with Crippen molar-refractivity contribution in [1.29, 1.82) is 0 Å². The number of carbonyl (C=O) groups excluding carboxylic acids is 1. The van der Waals surface area contributed by atoms with Gasteiger partial charge in [-0.3, -0.25) is 4.99 Å². The fourth-order valence-electron chi connectivity index (χ4n) is 0.814. The number of esters is 1. The lowest BCUT2D eigenvalue weighted by Gasteiger charge is -2.13. The Morgan fingerprint density at radius 3 is 2.47 bits per heavy atom. The van der Waals surface area contributed by atoms with Gasteiger partial charge in [0.25, 0.3) is 0 Å². The summed E-state index contributed by atoms with van der Waals surface area (Å²) in [5.41, 5.74) is 0. The minimum absolute atomic E-state index is 0.122. The SMILES string of the molecule is CCCOC(=O)C(Cl)=N[C@H](CCl)C(C)C. The van der Waals surface area contributed by atoms with Crippen molar-refractivity contribution < 1.29 is 9.53 Å². The van der Waals surface area contributed by atoms with Gasteiger partial charge in [0.1, 0.15) is 0 Å². The molecule has 0 aromatic carbocycles. The highest BCUT2D eigenvalue weighted by atomic mass is 35.5. The van der Waals surface area contributed by atoms with Crippen LogP contribution in [-0.2, 0) is 9.53 Å². The summed E-state index contributed by atoms with van der Waals surface area (Å²) in [6.07, 6.45) is 0.763. The van der Waals surface area contributed by atoms with Crippen LogP contribution in [0.25, 0.3) is 0 Å². The molecule has 1 atom stereocenters. The predicted octanol–water partition coefficient (Wildman–Crippen LogP) is 2.84. The first-order valence-electron chi connectivity index (χ1n) is 4.99. The molecule has 0 spiro atoms. The lowest BCUT2D eigenvalue weighted by Crippen LogP contribution is -2.20. The highest BCUT2D eigenvalue weighted by Crippen LogP contribution is 2.10. The molecule has 0 unspecified atom stereocenters.